The first-order valence-electron chi connectivity index (χ1n) is 7.93. The summed E-state index contributed by atoms with van der Waals surface area (Å²) in [5.41, 5.74) is 0.992. The normalized spacial score (nSPS) is 16.0. The molecule has 1 fully saturated rings. The summed E-state index contributed by atoms with van der Waals surface area (Å²) in [6.07, 6.45) is 2.49. The molecule has 7 nitrogen and oxygen atoms in total. The second-order valence-corrected chi connectivity index (χ2v) is 8.18. The first-order valence-corrected chi connectivity index (χ1v) is 10.1. The Morgan fingerprint density at radius 2 is 2.04 bits per heavy atom. The van der Waals surface area contributed by atoms with Gasteiger partial charge >= 0.3 is 0 Å². The standard InChI is InChI=1S/C15H19N5O2S2/c16-7-4-10-20(12-11-19-8-1-2-9-19)24(21,22)14-6-3-5-13-15(14)18-23-17-13/h3,5-6H,1-2,4,8-12H2. The molecule has 0 atom stereocenters. The average molecular weight is 365 g/mol. The van der Waals surface area contributed by atoms with Gasteiger partial charge < -0.3 is 4.90 Å². The van der Waals surface area contributed by atoms with Gasteiger partial charge in [-0.1, -0.05) is 6.07 Å². The highest BCUT2D eigenvalue weighted by Crippen LogP contribution is 2.24. The molecule has 1 aromatic heterocycles. The van der Waals surface area contributed by atoms with Gasteiger partial charge in [-0.2, -0.15) is 18.3 Å². The second kappa shape index (κ2) is 7.53. The highest BCUT2D eigenvalue weighted by molar-refractivity contribution is 7.89. The number of sulfonamides is 1. The highest BCUT2D eigenvalue weighted by Gasteiger charge is 2.28. The Bertz CT molecular complexity index is 837. The van der Waals surface area contributed by atoms with Crippen LogP contribution in [0, 0.1) is 11.3 Å². The van der Waals surface area contributed by atoms with Gasteiger partial charge in [-0.3, -0.25) is 0 Å². The lowest BCUT2D eigenvalue weighted by atomic mass is 10.3. The van der Waals surface area contributed by atoms with Gasteiger partial charge in [0.05, 0.1) is 17.8 Å². The van der Waals surface area contributed by atoms with Crippen LogP contribution in [0.15, 0.2) is 23.1 Å². The number of hydrogen-bond acceptors (Lipinski definition) is 7. The minimum atomic E-state index is -3.70. The highest BCUT2D eigenvalue weighted by atomic mass is 32.2. The minimum Gasteiger partial charge on any atom is -0.302 e. The molecular weight excluding hydrogens is 346 g/mol. The molecular formula is C15H19N5O2S2. The van der Waals surface area contributed by atoms with Crippen molar-refractivity contribution >= 4 is 32.8 Å². The molecule has 0 amide bonds. The molecule has 2 aromatic rings. The summed E-state index contributed by atoms with van der Waals surface area (Å²) in [4.78, 5) is 2.44. The van der Waals surface area contributed by atoms with Crippen LogP contribution < -0.4 is 0 Å². The predicted molar refractivity (Wildman–Crippen MR) is 92.1 cm³/mol. The molecule has 0 aliphatic carbocycles. The van der Waals surface area contributed by atoms with E-state index in [1.807, 2.05) is 6.07 Å². The van der Waals surface area contributed by atoms with E-state index in [1.165, 1.54) is 4.31 Å². The zero-order chi connectivity index (χ0) is 17.0. The molecule has 1 saturated heterocycles. The third-order valence-corrected chi connectivity index (χ3v) is 6.68. The van der Waals surface area contributed by atoms with Gasteiger partial charge in [-0.25, -0.2) is 8.42 Å². The van der Waals surface area contributed by atoms with Crippen molar-refractivity contribution in [1.29, 1.82) is 5.26 Å². The third kappa shape index (κ3) is 3.57. The van der Waals surface area contributed by atoms with E-state index in [0.29, 0.717) is 24.1 Å². The van der Waals surface area contributed by atoms with Crippen molar-refractivity contribution < 1.29 is 8.42 Å². The molecule has 0 spiro atoms. The van der Waals surface area contributed by atoms with Crippen LogP contribution in [0.2, 0.25) is 0 Å². The maximum Gasteiger partial charge on any atom is 0.245 e. The lowest BCUT2D eigenvalue weighted by molar-refractivity contribution is 0.296. The summed E-state index contributed by atoms with van der Waals surface area (Å²) in [7, 11) is -3.70. The van der Waals surface area contributed by atoms with E-state index < -0.39 is 10.0 Å². The molecule has 1 aliphatic rings. The Hall–Kier alpha value is -1.60. The first kappa shape index (κ1) is 17.2. The van der Waals surface area contributed by atoms with Gasteiger partial charge in [0.25, 0.3) is 0 Å². The van der Waals surface area contributed by atoms with Gasteiger partial charge in [-0.15, -0.1) is 0 Å². The van der Waals surface area contributed by atoms with Crippen LogP contribution in [-0.4, -0.2) is 59.1 Å². The topological polar surface area (TPSA) is 90.2 Å². The molecule has 0 radical (unpaired) electrons. The monoisotopic (exact) mass is 365 g/mol. The molecule has 24 heavy (non-hydrogen) atoms. The number of aromatic nitrogens is 2. The van der Waals surface area contributed by atoms with E-state index >= 15 is 0 Å². The van der Waals surface area contributed by atoms with Crippen LogP contribution in [-0.2, 0) is 10.0 Å². The number of likely N-dealkylation sites (tertiary alicyclic amines) is 1. The van der Waals surface area contributed by atoms with Crippen molar-refractivity contribution in [3.8, 4) is 6.07 Å². The number of benzene rings is 1. The summed E-state index contributed by atoms with van der Waals surface area (Å²) >= 11 is 1.00. The lowest BCUT2D eigenvalue weighted by Crippen LogP contribution is -2.38. The van der Waals surface area contributed by atoms with Gasteiger partial charge in [-0.05, 0) is 38.1 Å². The van der Waals surface area contributed by atoms with Crippen LogP contribution in [0.3, 0.4) is 0 Å². The number of nitrogens with zero attached hydrogens (tertiary/aromatic N) is 5. The molecule has 1 aliphatic heterocycles. The molecule has 0 N–H and O–H groups in total. The summed E-state index contributed by atoms with van der Waals surface area (Å²) in [6, 6.07) is 7.03. The summed E-state index contributed by atoms with van der Waals surface area (Å²) < 4.78 is 35.8. The van der Waals surface area contributed by atoms with Gasteiger partial charge in [0, 0.05) is 26.1 Å². The molecule has 3 rings (SSSR count). The SMILES string of the molecule is N#CCCN(CCN1CCCC1)S(=O)(=O)c1cccc2nsnc12. The molecule has 1 aromatic carbocycles. The maximum atomic E-state index is 13.1. The Morgan fingerprint density at radius 3 is 2.79 bits per heavy atom. The molecule has 0 saturated carbocycles. The van der Waals surface area contributed by atoms with Crippen LogP contribution in [0.25, 0.3) is 11.0 Å². The molecule has 128 valence electrons. The maximum absolute atomic E-state index is 13.1. The molecule has 0 unspecified atom stereocenters. The third-order valence-electron chi connectivity index (χ3n) is 4.20. The van der Waals surface area contributed by atoms with Crippen molar-refractivity contribution in [1.82, 2.24) is 18.0 Å². The molecule has 0 bridgehead atoms. The fourth-order valence-electron chi connectivity index (χ4n) is 2.91. The summed E-state index contributed by atoms with van der Waals surface area (Å²) in [5.74, 6) is 0. The van der Waals surface area contributed by atoms with E-state index in [4.69, 9.17) is 5.26 Å². The Morgan fingerprint density at radius 1 is 1.25 bits per heavy atom. The summed E-state index contributed by atoms with van der Waals surface area (Å²) in [6.45, 7) is 3.30. The summed E-state index contributed by atoms with van der Waals surface area (Å²) in [5, 5.41) is 8.87. The largest absolute Gasteiger partial charge is 0.302 e. The molecule has 2 heterocycles. The van der Waals surface area contributed by atoms with Crippen LogP contribution in [0.4, 0.5) is 0 Å². The average Bonchev–Trinajstić information content (AvgIpc) is 3.25. The van der Waals surface area contributed by atoms with E-state index in [0.717, 1.165) is 37.7 Å². The fraction of sp³-hybridized carbons (Fsp3) is 0.533. The fourth-order valence-corrected chi connectivity index (χ4v) is 5.10. The Kier molecular flexibility index (Phi) is 5.40. The van der Waals surface area contributed by atoms with Crippen LogP contribution in [0.1, 0.15) is 19.3 Å². The van der Waals surface area contributed by atoms with Crippen molar-refractivity contribution in [2.45, 2.75) is 24.2 Å². The van der Waals surface area contributed by atoms with Gasteiger partial charge in [0.2, 0.25) is 10.0 Å². The Labute approximate surface area is 145 Å². The van der Waals surface area contributed by atoms with Crippen LogP contribution in [0.5, 0.6) is 0 Å². The van der Waals surface area contributed by atoms with Crippen LogP contribution >= 0.6 is 11.7 Å². The zero-order valence-electron chi connectivity index (χ0n) is 13.3. The zero-order valence-corrected chi connectivity index (χ0v) is 14.9. The minimum absolute atomic E-state index is 0.171. The smallest absolute Gasteiger partial charge is 0.245 e. The van der Waals surface area contributed by atoms with E-state index in [-0.39, 0.29) is 17.9 Å². The second-order valence-electron chi connectivity index (χ2n) is 5.75. The van der Waals surface area contributed by atoms with Crippen molar-refractivity contribution in [2.75, 3.05) is 32.7 Å². The van der Waals surface area contributed by atoms with Crippen molar-refractivity contribution in [3.05, 3.63) is 18.2 Å². The lowest BCUT2D eigenvalue weighted by Gasteiger charge is -2.24. The number of fused-ring (bicyclic) bond motifs is 1. The van der Waals surface area contributed by atoms with E-state index in [2.05, 4.69) is 13.6 Å². The van der Waals surface area contributed by atoms with E-state index in [1.54, 1.807) is 18.2 Å². The first-order chi connectivity index (χ1) is 11.6. The van der Waals surface area contributed by atoms with E-state index in [9.17, 15) is 8.42 Å². The number of rotatable bonds is 7. The molecule has 9 heteroatoms. The van der Waals surface area contributed by atoms with Gasteiger partial charge in [0.15, 0.2) is 0 Å². The van der Waals surface area contributed by atoms with Crippen molar-refractivity contribution in [3.63, 3.8) is 0 Å². The quantitative estimate of drug-likeness (QED) is 0.742. The van der Waals surface area contributed by atoms with Gasteiger partial charge in [0.1, 0.15) is 15.9 Å². The number of hydrogen-bond donors (Lipinski definition) is 0. The predicted octanol–water partition coefficient (Wildman–Crippen LogP) is 1.69. The number of nitriles is 1. The van der Waals surface area contributed by atoms with Crippen molar-refractivity contribution in [2.24, 2.45) is 0 Å². The Balaban J connectivity index is 1.86.